The highest BCUT2D eigenvalue weighted by atomic mass is 35.5. The number of likely N-dealkylation sites (tertiary alicyclic amines) is 1. The summed E-state index contributed by atoms with van der Waals surface area (Å²) >= 11 is 8.07. The zero-order valence-corrected chi connectivity index (χ0v) is 44.9. The largest absolute Gasteiger partial charge is 0.508 e. The van der Waals surface area contributed by atoms with E-state index in [9.17, 15) is 24.6 Å². The number of aliphatic imine (C=N–C) groups is 1. The molecule has 2 amide bonds. The number of amidine groups is 1. The number of halogens is 1. The summed E-state index contributed by atoms with van der Waals surface area (Å²) in [5.74, 6) is 1.14. The van der Waals surface area contributed by atoms with Gasteiger partial charge in [-0.2, -0.15) is 0 Å². The fraction of sp³-hybridized carbons (Fsp3) is 0.491. The third-order valence-electron chi connectivity index (χ3n) is 14.4. The predicted octanol–water partition coefficient (Wildman–Crippen LogP) is 8.61. The number of nitrogens with zero attached hydrogens (tertiary/aromatic N) is 8. The van der Waals surface area contributed by atoms with Crippen molar-refractivity contribution in [3.8, 4) is 11.5 Å². The summed E-state index contributed by atoms with van der Waals surface area (Å²) < 4.78 is 0. The van der Waals surface area contributed by atoms with Gasteiger partial charge in [0.15, 0.2) is 17.4 Å². The molecule has 1 aromatic heterocycles. The third kappa shape index (κ3) is 14.1. The molecular weight excluding hydrogens is 962 g/mol. The van der Waals surface area contributed by atoms with Gasteiger partial charge in [0.2, 0.25) is 11.8 Å². The molecule has 18 heteroatoms. The number of phenolic OH excluding ortho intramolecular Hbond substituents is 2. The van der Waals surface area contributed by atoms with Crippen LogP contribution in [0.2, 0.25) is 5.02 Å². The normalized spacial score (nSPS) is 17.0. The van der Waals surface area contributed by atoms with E-state index in [2.05, 4.69) is 60.6 Å². The molecule has 0 spiro atoms. The van der Waals surface area contributed by atoms with Gasteiger partial charge >= 0.3 is 0 Å². The number of nitrogens with two attached hydrogens (primary N) is 2. The lowest BCUT2D eigenvalue weighted by Gasteiger charge is -2.39. The van der Waals surface area contributed by atoms with Crippen molar-refractivity contribution in [1.29, 1.82) is 0 Å². The lowest BCUT2D eigenvalue weighted by molar-refractivity contribution is -0.134. The summed E-state index contributed by atoms with van der Waals surface area (Å²) in [5.41, 5.74) is 16.2. The molecule has 0 saturated carbocycles. The van der Waals surface area contributed by atoms with Crippen LogP contribution in [0.3, 0.4) is 0 Å². The molecule has 7 rings (SSSR count). The van der Waals surface area contributed by atoms with Crippen LogP contribution in [0.1, 0.15) is 103 Å². The number of carbonyl (C=O) groups is 3. The van der Waals surface area contributed by atoms with Crippen LogP contribution < -0.4 is 26.6 Å². The molecule has 16 nitrogen and oxygen atoms in total. The zero-order valence-electron chi connectivity index (χ0n) is 43.4. The van der Waals surface area contributed by atoms with Gasteiger partial charge in [0.05, 0.1) is 22.6 Å². The molecule has 0 bridgehead atoms. The van der Waals surface area contributed by atoms with Crippen LogP contribution >= 0.6 is 23.4 Å². The Bertz CT molecular complexity index is 2640. The first-order chi connectivity index (χ1) is 34.8. The minimum atomic E-state index is -0.285. The molecule has 3 aliphatic rings. The van der Waals surface area contributed by atoms with Gasteiger partial charge in [-0.3, -0.25) is 34.1 Å². The van der Waals surface area contributed by atoms with E-state index in [1.165, 1.54) is 24.8 Å². The van der Waals surface area contributed by atoms with Crippen LogP contribution in [-0.4, -0.2) is 130 Å². The Hall–Kier alpha value is -5.72. The number of hydrogen-bond acceptors (Lipinski definition) is 14. The molecular formula is C55H74ClN11O5S. The van der Waals surface area contributed by atoms with Crippen molar-refractivity contribution >= 4 is 75.5 Å². The first-order valence-electron chi connectivity index (χ1n) is 25.6. The van der Waals surface area contributed by atoms with Crippen LogP contribution in [-0.2, 0) is 20.9 Å². The fourth-order valence-corrected chi connectivity index (χ4v) is 10.8. The number of Topliss-reactive ketones (excluding diaryl/α,β-unsaturated/α-hetero) is 1. The summed E-state index contributed by atoms with van der Waals surface area (Å²) in [5, 5.41) is 25.3. The van der Waals surface area contributed by atoms with Crippen molar-refractivity contribution in [2.45, 2.75) is 108 Å². The van der Waals surface area contributed by atoms with Crippen molar-refractivity contribution in [3.05, 3.63) is 89.1 Å². The van der Waals surface area contributed by atoms with E-state index in [4.69, 9.17) is 23.1 Å². The number of phenols is 2. The Balaban J connectivity index is 0.839. The molecule has 0 radical (unpaired) electrons. The zero-order chi connectivity index (χ0) is 52.6. The second-order valence-electron chi connectivity index (χ2n) is 20.7. The van der Waals surface area contributed by atoms with E-state index in [1.807, 2.05) is 56.9 Å². The number of aromatic nitrogens is 2. The lowest BCUT2D eigenvalue weighted by atomic mass is 9.80. The highest BCUT2D eigenvalue weighted by molar-refractivity contribution is 7.99. The smallest absolute Gasteiger partial charge is 0.224 e. The van der Waals surface area contributed by atoms with Crippen LogP contribution in [0.25, 0.3) is 5.70 Å². The van der Waals surface area contributed by atoms with Crippen LogP contribution in [0.5, 0.6) is 11.5 Å². The minimum absolute atomic E-state index is 0.00283. The SMILES string of the molecule is C=C(c1cc(C(C)C)c(O)cc1O)N(C(=NC(C)C)C(C)=O)c1ccc(CN2CCC(CN3CCN(C(=O)CCC(=O)Nc4cccc(Sc5ncc(N6CCC(C)(CN)CC6)nc5N)c4Cl)CC3)CC2)cc1. The molecule has 0 unspecified atom stereocenters. The topological polar surface area (TPSA) is 210 Å². The van der Waals surface area contributed by atoms with Gasteiger partial charge in [-0.25, -0.2) is 9.97 Å². The Kier molecular flexibility index (Phi) is 18.5. The molecule has 4 heterocycles. The summed E-state index contributed by atoms with van der Waals surface area (Å²) in [4.78, 5) is 64.8. The number of piperazine rings is 1. The average Bonchev–Trinajstić information content (AvgIpc) is 3.36. The maximum absolute atomic E-state index is 13.3. The Labute approximate surface area is 440 Å². The van der Waals surface area contributed by atoms with Gasteiger partial charge in [-0.15, -0.1) is 0 Å². The summed E-state index contributed by atoms with van der Waals surface area (Å²) in [6, 6.07) is 16.3. The van der Waals surface area contributed by atoms with E-state index >= 15 is 0 Å². The number of anilines is 4. The maximum atomic E-state index is 13.3. The molecule has 3 aromatic carbocycles. The molecule has 73 heavy (non-hydrogen) atoms. The summed E-state index contributed by atoms with van der Waals surface area (Å²) in [6.45, 7) is 24.7. The molecule has 0 atom stereocenters. The number of aromatic hydroxyl groups is 2. The van der Waals surface area contributed by atoms with Crippen molar-refractivity contribution in [2.75, 3.05) is 86.3 Å². The third-order valence-corrected chi connectivity index (χ3v) is 15.9. The molecule has 3 saturated heterocycles. The number of amides is 2. The van der Waals surface area contributed by atoms with Gasteiger partial charge in [0.25, 0.3) is 0 Å². The summed E-state index contributed by atoms with van der Waals surface area (Å²) in [6.07, 6.45) is 6.02. The molecule has 392 valence electrons. The minimum Gasteiger partial charge on any atom is -0.508 e. The highest BCUT2D eigenvalue weighted by Crippen LogP contribution is 2.41. The van der Waals surface area contributed by atoms with E-state index in [1.54, 1.807) is 23.2 Å². The molecule has 0 aliphatic carbocycles. The van der Waals surface area contributed by atoms with Gasteiger partial charge in [0.1, 0.15) is 22.3 Å². The number of benzene rings is 3. The highest BCUT2D eigenvalue weighted by Gasteiger charge is 2.31. The predicted molar refractivity (Wildman–Crippen MR) is 295 cm³/mol. The number of carbonyl (C=O) groups excluding carboxylic acids is 3. The van der Waals surface area contributed by atoms with Gasteiger partial charge in [-0.05, 0) is 118 Å². The second-order valence-corrected chi connectivity index (χ2v) is 22.1. The molecule has 4 aromatic rings. The van der Waals surface area contributed by atoms with Crippen LogP contribution in [0.15, 0.2) is 82.3 Å². The second kappa shape index (κ2) is 24.5. The summed E-state index contributed by atoms with van der Waals surface area (Å²) in [7, 11) is 0. The van der Waals surface area contributed by atoms with Gasteiger partial charge in [-0.1, -0.05) is 68.9 Å². The average molecular weight is 1040 g/mol. The Morgan fingerprint density at radius 2 is 1.63 bits per heavy atom. The number of ketones is 1. The van der Waals surface area contributed by atoms with Crippen LogP contribution in [0, 0.1) is 11.3 Å². The van der Waals surface area contributed by atoms with Crippen molar-refractivity contribution in [3.63, 3.8) is 0 Å². The maximum Gasteiger partial charge on any atom is 0.224 e. The molecule has 3 fully saturated rings. The van der Waals surface area contributed by atoms with Gasteiger partial charge in [0, 0.05) is 100 Å². The first kappa shape index (κ1) is 55.0. The number of nitrogen functional groups attached to an aromatic ring is 1. The fourth-order valence-electron chi connectivity index (χ4n) is 9.72. The molecule has 3 aliphatic heterocycles. The number of rotatable bonds is 18. The van der Waals surface area contributed by atoms with Crippen LogP contribution in [0.4, 0.5) is 23.0 Å². The lowest BCUT2D eigenvalue weighted by Crippen LogP contribution is -2.50. The monoisotopic (exact) mass is 1040 g/mol. The van der Waals surface area contributed by atoms with E-state index in [-0.39, 0.29) is 65.1 Å². The first-order valence-corrected chi connectivity index (χ1v) is 26.8. The van der Waals surface area contributed by atoms with Crippen molar-refractivity contribution < 1.29 is 24.6 Å². The Morgan fingerprint density at radius 1 is 0.945 bits per heavy atom. The standard InChI is InChI=1S/C55H74ClN11O5S/c1-35(2)42-29-43(46(70)30-45(42)69)37(5)67(53(38(6)68)60-36(3)4)41-13-11-39(12-14-41)32-63-21-17-40(18-22-63)33-64-25-27-66(28-26-64)50(72)16-15-49(71)61-44-9-8-10-47(51(44)56)73-54-52(58)62-48(31-59-54)65-23-19-55(7,34-57)20-24-65/h8-14,29-31,35-36,40,69-70H,5,15-28,32-34,57H2,1-4,6-7H3,(H2,58,62)(H,61,71). The van der Waals surface area contributed by atoms with Gasteiger partial charge < -0.3 is 36.8 Å². The Morgan fingerprint density at radius 3 is 2.25 bits per heavy atom. The quantitative estimate of drug-likeness (QED) is 0.0467. The number of hydrogen-bond donors (Lipinski definition) is 5. The molecule has 7 N–H and O–H groups in total. The van der Waals surface area contributed by atoms with E-state index < -0.39 is 0 Å². The van der Waals surface area contributed by atoms with E-state index in [0.29, 0.717) is 74.5 Å². The van der Waals surface area contributed by atoms with E-state index in [0.717, 1.165) is 89.4 Å². The van der Waals surface area contributed by atoms with Crippen molar-refractivity contribution in [2.24, 2.45) is 22.1 Å². The number of piperidine rings is 2. The number of nitrogens with one attached hydrogen (secondary N) is 1. The van der Waals surface area contributed by atoms with Crippen molar-refractivity contribution in [1.82, 2.24) is 24.7 Å².